The van der Waals surface area contributed by atoms with Crippen LogP contribution in [0.25, 0.3) is 10.2 Å². The number of nitrogens with zero attached hydrogens (tertiary/aromatic N) is 3. The molecule has 0 aliphatic carbocycles. The largest absolute Gasteiger partial charge is 0.497 e. The highest BCUT2D eigenvalue weighted by Crippen LogP contribution is 2.23. The van der Waals surface area contributed by atoms with Gasteiger partial charge >= 0.3 is 5.97 Å². The fourth-order valence-corrected chi connectivity index (χ4v) is 5.26. The number of rotatable bonds is 7. The second-order valence-electron chi connectivity index (χ2n) is 6.91. The minimum atomic E-state index is -4.02. The summed E-state index contributed by atoms with van der Waals surface area (Å²) in [6, 6.07) is 5.11. The summed E-state index contributed by atoms with van der Waals surface area (Å²) in [5.74, 6) is -3.18. The number of sulfone groups is 1. The molecule has 0 saturated carbocycles. The van der Waals surface area contributed by atoms with Crippen molar-refractivity contribution in [2.75, 3.05) is 52.0 Å². The topological polar surface area (TPSA) is 134 Å². The van der Waals surface area contributed by atoms with Crippen molar-refractivity contribution in [3.8, 4) is 5.75 Å². The minimum absolute atomic E-state index is 0.137. The summed E-state index contributed by atoms with van der Waals surface area (Å²) < 4.78 is 42.0. The fraction of sp³-hybridized carbons (Fsp3) is 0.474. The lowest BCUT2D eigenvalue weighted by Crippen LogP contribution is -2.43. The molecule has 1 saturated heterocycles. The summed E-state index contributed by atoms with van der Waals surface area (Å²) in [6.07, 6.45) is 0. The zero-order valence-electron chi connectivity index (χ0n) is 17.6. The average molecular weight is 486 g/mol. The Hall–Kier alpha value is -2.77. The smallest absolute Gasteiger partial charge is 0.325 e. The van der Waals surface area contributed by atoms with E-state index in [1.54, 1.807) is 18.2 Å². The maximum Gasteiger partial charge on any atom is 0.325 e. The predicted octanol–water partition coefficient (Wildman–Crippen LogP) is -0.415. The molecule has 2 heterocycles. The van der Waals surface area contributed by atoms with Crippen LogP contribution in [0.4, 0.5) is 0 Å². The fourth-order valence-electron chi connectivity index (χ4n) is 3.08. The van der Waals surface area contributed by atoms with E-state index < -0.39 is 39.1 Å². The first kappa shape index (κ1) is 23.9. The Kier molecular flexibility index (Phi) is 7.64. The SMILES string of the molecule is COC(=O)Cn1c(=NC(=O)CS(=O)(=O)CC(=O)N2CCOCC2)sc2cc(OC)ccc21. The molecule has 1 aliphatic rings. The van der Waals surface area contributed by atoms with Crippen LogP contribution in [0.2, 0.25) is 0 Å². The van der Waals surface area contributed by atoms with E-state index in [2.05, 4.69) is 4.99 Å². The Morgan fingerprint density at radius 2 is 1.88 bits per heavy atom. The van der Waals surface area contributed by atoms with Crippen LogP contribution in [-0.4, -0.2) is 87.7 Å². The molecule has 1 aliphatic heterocycles. The monoisotopic (exact) mass is 485 g/mol. The maximum absolute atomic E-state index is 12.5. The molecule has 1 fully saturated rings. The lowest BCUT2D eigenvalue weighted by Gasteiger charge is -2.26. The molecule has 0 bridgehead atoms. The van der Waals surface area contributed by atoms with Gasteiger partial charge in [0.05, 0.1) is 37.6 Å². The number of fused-ring (bicyclic) bond motifs is 1. The van der Waals surface area contributed by atoms with Gasteiger partial charge in [0.15, 0.2) is 14.6 Å². The van der Waals surface area contributed by atoms with Crippen molar-refractivity contribution in [1.82, 2.24) is 9.47 Å². The van der Waals surface area contributed by atoms with Crippen molar-refractivity contribution in [3.05, 3.63) is 23.0 Å². The standard InChI is InChI=1S/C19H23N3O8S2/c1-28-13-3-4-14-15(9-13)31-19(22(14)10-18(25)29-2)20-16(23)11-32(26,27)12-17(24)21-5-7-30-8-6-21/h3-4,9H,5-8,10-12H2,1-2H3. The maximum atomic E-state index is 12.5. The first-order valence-electron chi connectivity index (χ1n) is 9.60. The van der Waals surface area contributed by atoms with Crippen LogP contribution >= 0.6 is 11.3 Å². The number of carbonyl (C=O) groups excluding carboxylic acids is 3. The van der Waals surface area contributed by atoms with Gasteiger partial charge < -0.3 is 23.7 Å². The highest BCUT2D eigenvalue weighted by molar-refractivity contribution is 7.92. The zero-order chi connectivity index (χ0) is 23.3. The summed E-state index contributed by atoms with van der Waals surface area (Å²) in [5.41, 5.74) is 0.609. The third kappa shape index (κ3) is 5.93. The minimum Gasteiger partial charge on any atom is -0.497 e. The number of amides is 2. The van der Waals surface area contributed by atoms with Crippen molar-refractivity contribution < 1.29 is 37.0 Å². The molecular weight excluding hydrogens is 462 g/mol. The summed E-state index contributed by atoms with van der Waals surface area (Å²) >= 11 is 1.10. The van der Waals surface area contributed by atoms with Crippen molar-refractivity contribution in [2.45, 2.75) is 6.54 Å². The second kappa shape index (κ2) is 10.2. The van der Waals surface area contributed by atoms with Gasteiger partial charge in [0.2, 0.25) is 5.91 Å². The van der Waals surface area contributed by atoms with Crippen LogP contribution in [0.1, 0.15) is 0 Å². The van der Waals surface area contributed by atoms with E-state index >= 15 is 0 Å². The van der Waals surface area contributed by atoms with Crippen LogP contribution in [0.5, 0.6) is 5.75 Å². The van der Waals surface area contributed by atoms with Gasteiger partial charge in [-0.15, -0.1) is 0 Å². The van der Waals surface area contributed by atoms with Crippen molar-refractivity contribution in [1.29, 1.82) is 0 Å². The van der Waals surface area contributed by atoms with Gasteiger partial charge in [-0.1, -0.05) is 11.3 Å². The molecule has 1 aromatic carbocycles. The number of ether oxygens (including phenoxy) is 3. The first-order chi connectivity index (χ1) is 15.2. The molecule has 11 nitrogen and oxygen atoms in total. The normalized spacial score (nSPS) is 15.1. The molecule has 0 unspecified atom stereocenters. The van der Waals surface area contributed by atoms with E-state index in [0.29, 0.717) is 42.3 Å². The number of benzene rings is 1. The van der Waals surface area contributed by atoms with E-state index in [0.717, 1.165) is 11.3 Å². The number of morpholine rings is 1. The van der Waals surface area contributed by atoms with Gasteiger partial charge in [0, 0.05) is 13.1 Å². The molecule has 32 heavy (non-hydrogen) atoms. The molecule has 0 atom stereocenters. The van der Waals surface area contributed by atoms with Gasteiger partial charge in [-0.2, -0.15) is 4.99 Å². The highest BCUT2D eigenvalue weighted by atomic mass is 32.2. The third-order valence-corrected chi connectivity index (χ3v) is 7.09. The zero-order valence-corrected chi connectivity index (χ0v) is 19.2. The number of thiazole rings is 1. The lowest BCUT2D eigenvalue weighted by atomic mass is 10.3. The second-order valence-corrected chi connectivity index (χ2v) is 9.99. The number of esters is 1. The Balaban J connectivity index is 1.84. The number of aromatic nitrogens is 1. The van der Waals surface area contributed by atoms with Crippen molar-refractivity contribution in [2.24, 2.45) is 4.99 Å². The van der Waals surface area contributed by atoms with E-state index in [-0.39, 0.29) is 11.3 Å². The first-order valence-corrected chi connectivity index (χ1v) is 12.2. The molecule has 2 aromatic rings. The van der Waals surface area contributed by atoms with Crippen LogP contribution in [0.3, 0.4) is 0 Å². The number of carbonyl (C=O) groups is 3. The summed E-state index contributed by atoms with van der Waals surface area (Å²) in [6.45, 7) is 1.10. The van der Waals surface area contributed by atoms with Crippen LogP contribution in [-0.2, 0) is 40.2 Å². The Morgan fingerprint density at radius 1 is 1.16 bits per heavy atom. The number of hydrogen-bond acceptors (Lipinski definition) is 9. The summed E-state index contributed by atoms with van der Waals surface area (Å²) in [4.78, 5) is 42.0. The molecular formula is C19H23N3O8S2. The van der Waals surface area contributed by atoms with Gasteiger partial charge in [0.25, 0.3) is 5.91 Å². The van der Waals surface area contributed by atoms with Crippen molar-refractivity contribution in [3.63, 3.8) is 0 Å². The van der Waals surface area contributed by atoms with Gasteiger partial charge in [-0.25, -0.2) is 8.42 Å². The molecule has 174 valence electrons. The van der Waals surface area contributed by atoms with Gasteiger partial charge in [-0.3, -0.25) is 14.4 Å². The van der Waals surface area contributed by atoms with Crippen molar-refractivity contribution >= 4 is 49.2 Å². The Labute approximate surface area is 188 Å². The van der Waals surface area contributed by atoms with E-state index in [9.17, 15) is 22.8 Å². The molecule has 1 aromatic heterocycles. The molecule has 3 rings (SSSR count). The third-order valence-electron chi connectivity index (χ3n) is 4.68. The predicted molar refractivity (Wildman–Crippen MR) is 115 cm³/mol. The molecule has 0 radical (unpaired) electrons. The average Bonchev–Trinajstić information content (AvgIpc) is 3.08. The van der Waals surface area contributed by atoms with Gasteiger partial charge in [-0.05, 0) is 18.2 Å². The van der Waals surface area contributed by atoms with E-state index in [1.807, 2.05) is 0 Å². The van der Waals surface area contributed by atoms with Crippen LogP contribution < -0.4 is 9.54 Å². The molecule has 2 amide bonds. The molecule has 0 spiro atoms. The lowest BCUT2D eigenvalue weighted by molar-refractivity contribution is -0.141. The summed E-state index contributed by atoms with van der Waals surface area (Å²) in [5, 5.41) is 0. The van der Waals surface area contributed by atoms with E-state index in [1.165, 1.54) is 23.7 Å². The summed E-state index contributed by atoms with van der Waals surface area (Å²) in [7, 11) is -1.28. The van der Waals surface area contributed by atoms with Crippen LogP contribution in [0, 0.1) is 0 Å². The van der Waals surface area contributed by atoms with Gasteiger partial charge in [0.1, 0.15) is 23.8 Å². The van der Waals surface area contributed by atoms with E-state index in [4.69, 9.17) is 14.2 Å². The Morgan fingerprint density at radius 3 is 2.53 bits per heavy atom. The quantitative estimate of drug-likeness (QED) is 0.483. The molecule has 0 N–H and O–H groups in total. The number of hydrogen-bond donors (Lipinski definition) is 0. The highest BCUT2D eigenvalue weighted by Gasteiger charge is 2.25. The Bertz CT molecular complexity index is 1190. The molecule has 13 heteroatoms. The van der Waals surface area contributed by atoms with Crippen LogP contribution in [0.15, 0.2) is 23.2 Å². The number of methoxy groups -OCH3 is 2.